The molecule has 88 valence electrons. The fraction of sp³-hybridized carbons (Fsp3) is 0.0769. The number of benzene rings is 2. The molecule has 0 atom stereocenters. The Balaban J connectivity index is 2.57. The molecule has 0 aliphatic heterocycles. The van der Waals surface area contributed by atoms with Gasteiger partial charge in [-0.25, -0.2) is 4.39 Å². The lowest BCUT2D eigenvalue weighted by atomic mass is 10.0. The Labute approximate surface area is 117 Å². The van der Waals surface area contributed by atoms with E-state index in [1.807, 2.05) is 24.3 Å². The number of halogens is 4. The fourth-order valence-electron chi connectivity index (χ4n) is 1.60. The van der Waals surface area contributed by atoms with Gasteiger partial charge in [0.1, 0.15) is 10.7 Å². The molecule has 0 radical (unpaired) electrons. The summed E-state index contributed by atoms with van der Waals surface area (Å²) in [6, 6.07) is 12.0. The molecule has 0 heterocycles. The summed E-state index contributed by atoms with van der Waals surface area (Å²) >= 11 is 15.2. The SMILES string of the molecule is Fc1cccc(-c2cccc(C(Cl)Cl)c2Br)c1. The van der Waals surface area contributed by atoms with E-state index in [0.717, 1.165) is 21.2 Å². The van der Waals surface area contributed by atoms with Crippen molar-refractivity contribution in [2.75, 3.05) is 0 Å². The summed E-state index contributed by atoms with van der Waals surface area (Å²) in [6.45, 7) is 0. The predicted molar refractivity (Wildman–Crippen MR) is 74.0 cm³/mol. The third-order valence-corrected chi connectivity index (χ3v) is 3.75. The second kappa shape index (κ2) is 5.38. The molecule has 4 heteroatoms. The summed E-state index contributed by atoms with van der Waals surface area (Å²) in [7, 11) is 0. The van der Waals surface area contributed by atoms with Crippen molar-refractivity contribution in [3.05, 3.63) is 58.3 Å². The van der Waals surface area contributed by atoms with Gasteiger partial charge < -0.3 is 0 Å². The molecule has 2 rings (SSSR count). The molecule has 17 heavy (non-hydrogen) atoms. The third kappa shape index (κ3) is 2.82. The van der Waals surface area contributed by atoms with Crippen LogP contribution in [0.5, 0.6) is 0 Å². The van der Waals surface area contributed by atoms with E-state index in [-0.39, 0.29) is 5.82 Å². The van der Waals surface area contributed by atoms with Crippen LogP contribution in [0.15, 0.2) is 46.9 Å². The molecule has 0 spiro atoms. The molecule has 0 aliphatic rings. The van der Waals surface area contributed by atoms with E-state index in [1.165, 1.54) is 12.1 Å². The Kier molecular flexibility index (Phi) is 4.08. The number of hydrogen-bond acceptors (Lipinski definition) is 0. The first kappa shape index (κ1) is 12.9. The van der Waals surface area contributed by atoms with E-state index in [9.17, 15) is 4.39 Å². The van der Waals surface area contributed by atoms with Gasteiger partial charge in [-0.05, 0) is 44.8 Å². The van der Waals surface area contributed by atoms with Crippen LogP contribution in [0.25, 0.3) is 11.1 Å². The van der Waals surface area contributed by atoms with Crippen LogP contribution in [0, 0.1) is 5.82 Å². The second-order valence-electron chi connectivity index (χ2n) is 3.52. The standard InChI is InChI=1S/C13H8BrCl2F/c14-12-10(5-2-6-11(12)13(15)16)8-3-1-4-9(17)7-8/h1-7,13H. The van der Waals surface area contributed by atoms with Crippen LogP contribution in [0.3, 0.4) is 0 Å². The summed E-state index contributed by atoms with van der Waals surface area (Å²) in [5, 5.41) is 0. The molecule has 0 nitrogen and oxygen atoms in total. The maximum atomic E-state index is 13.2. The smallest absolute Gasteiger partial charge is 0.133 e. The average Bonchev–Trinajstić information content (AvgIpc) is 2.29. The Bertz CT molecular complexity index is 541. The van der Waals surface area contributed by atoms with Crippen molar-refractivity contribution in [1.82, 2.24) is 0 Å². The zero-order chi connectivity index (χ0) is 12.4. The van der Waals surface area contributed by atoms with Gasteiger partial charge in [-0.3, -0.25) is 0 Å². The molecular weight excluding hydrogens is 326 g/mol. The molecule has 0 saturated carbocycles. The van der Waals surface area contributed by atoms with Gasteiger partial charge in [0.05, 0.1) is 0 Å². The molecule has 0 N–H and O–H groups in total. The van der Waals surface area contributed by atoms with Crippen molar-refractivity contribution in [3.8, 4) is 11.1 Å². The number of rotatable bonds is 2. The van der Waals surface area contributed by atoms with E-state index in [0.29, 0.717) is 0 Å². The van der Waals surface area contributed by atoms with Crippen molar-refractivity contribution in [2.45, 2.75) is 4.84 Å². The highest BCUT2D eigenvalue weighted by Gasteiger charge is 2.12. The quantitative estimate of drug-likeness (QED) is 0.615. The highest BCUT2D eigenvalue weighted by Crippen LogP contribution is 2.37. The van der Waals surface area contributed by atoms with Crippen LogP contribution >= 0.6 is 39.1 Å². The molecule has 0 fully saturated rings. The van der Waals surface area contributed by atoms with Crippen molar-refractivity contribution < 1.29 is 4.39 Å². The van der Waals surface area contributed by atoms with Gasteiger partial charge in [-0.15, -0.1) is 23.2 Å². The average molecular weight is 334 g/mol. The first-order valence-corrected chi connectivity index (χ1v) is 6.58. The van der Waals surface area contributed by atoms with E-state index >= 15 is 0 Å². The van der Waals surface area contributed by atoms with Crippen LogP contribution in [-0.4, -0.2) is 0 Å². The minimum absolute atomic E-state index is 0.270. The highest BCUT2D eigenvalue weighted by molar-refractivity contribution is 9.10. The zero-order valence-electron chi connectivity index (χ0n) is 8.63. The van der Waals surface area contributed by atoms with Crippen LogP contribution < -0.4 is 0 Å². The van der Waals surface area contributed by atoms with E-state index < -0.39 is 4.84 Å². The summed E-state index contributed by atoms with van der Waals surface area (Å²) in [5.41, 5.74) is 2.43. The van der Waals surface area contributed by atoms with Gasteiger partial charge in [-0.1, -0.05) is 30.3 Å². The van der Waals surface area contributed by atoms with Crippen LogP contribution in [0.1, 0.15) is 10.4 Å². The lowest BCUT2D eigenvalue weighted by Gasteiger charge is -2.10. The van der Waals surface area contributed by atoms with E-state index in [4.69, 9.17) is 23.2 Å². The minimum atomic E-state index is -0.613. The second-order valence-corrected chi connectivity index (χ2v) is 5.41. The summed E-state index contributed by atoms with van der Waals surface area (Å²) < 4.78 is 14.0. The molecule has 2 aromatic carbocycles. The van der Waals surface area contributed by atoms with Gasteiger partial charge in [0, 0.05) is 4.47 Å². The largest absolute Gasteiger partial charge is 0.207 e. The number of alkyl halides is 2. The number of hydrogen-bond donors (Lipinski definition) is 0. The fourth-order valence-corrected chi connectivity index (χ4v) is 2.95. The first-order chi connectivity index (χ1) is 8.09. The summed E-state index contributed by atoms with van der Waals surface area (Å²) in [6.07, 6.45) is 0. The summed E-state index contributed by atoms with van der Waals surface area (Å²) in [5.74, 6) is -0.270. The van der Waals surface area contributed by atoms with E-state index in [1.54, 1.807) is 6.07 Å². The Morgan fingerprint density at radius 2 is 1.76 bits per heavy atom. The Morgan fingerprint density at radius 1 is 1.06 bits per heavy atom. The van der Waals surface area contributed by atoms with Gasteiger partial charge in [0.25, 0.3) is 0 Å². The molecule has 0 amide bonds. The third-order valence-electron chi connectivity index (χ3n) is 2.40. The zero-order valence-corrected chi connectivity index (χ0v) is 11.7. The molecular formula is C13H8BrCl2F. The molecule has 0 unspecified atom stereocenters. The van der Waals surface area contributed by atoms with E-state index in [2.05, 4.69) is 15.9 Å². The Hall–Kier alpha value is -0.570. The molecule has 0 bridgehead atoms. The molecule has 0 aliphatic carbocycles. The van der Waals surface area contributed by atoms with Gasteiger partial charge in [0.2, 0.25) is 0 Å². The maximum Gasteiger partial charge on any atom is 0.133 e. The van der Waals surface area contributed by atoms with Crippen LogP contribution in [0.4, 0.5) is 4.39 Å². The maximum absolute atomic E-state index is 13.2. The predicted octanol–water partition coefficient (Wildman–Crippen LogP) is 5.73. The van der Waals surface area contributed by atoms with Crippen molar-refractivity contribution in [1.29, 1.82) is 0 Å². The minimum Gasteiger partial charge on any atom is -0.207 e. The highest BCUT2D eigenvalue weighted by atomic mass is 79.9. The lowest BCUT2D eigenvalue weighted by molar-refractivity contribution is 0.628. The van der Waals surface area contributed by atoms with Gasteiger partial charge in [0.15, 0.2) is 0 Å². The van der Waals surface area contributed by atoms with Gasteiger partial charge in [-0.2, -0.15) is 0 Å². The molecule has 0 aromatic heterocycles. The first-order valence-electron chi connectivity index (χ1n) is 4.92. The lowest BCUT2D eigenvalue weighted by Crippen LogP contribution is -1.88. The van der Waals surface area contributed by atoms with Crippen LogP contribution in [-0.2, 0) is 0 Å². The van der Waals surface area contributed by atoms with Crippen molar-refractivity contribution >= 4 is 39.1 Å². The van der Waals surface area contributed by atoms with Gasteiger partial charge >= 0.3 is 0 Å². The van der Waals surface area contributed by atoms with Crippen LogP contribution in [0.2, 0.25) is 0 Å². The Morgan fingerprint density at radius 3 is 2.41 bits per heavy atom. The monoisotopic (exact) mass is 332 g/mol. The normalized spacial score (nSPS) is 10.9. The summed E-state index contributed by atoms with van der Waals surface area (Å²) in [4.78, 5) is -0.613. The molecule has 0 saturated heterocycles. The topological polar surface area (TPSA) is 0 Å². The van der Waals surface area contributed by atoms with Crippen molar-refractivity contribution in [2.24, 2.45) is 0 Å². The van der Waals surface area contributed by atoms with Crippen molar-refractivity contribution in [3.63, 3.8) is 0 Å². The molecule has 2 aromatic rings.